The molecular formula is C19H24N6O2. The molecule has 0 aliphatic carbocycles. The Kier molecular flexibility index (Phi) is 5.17. The third-order valence-corrected chi connectivity index (χ3v) is 4.86. The Morgan fingerprint density at radius 1 is 1.19 bits per heavy atom. The molecule has 4 heterocycles. The van der Waals surface area contributed by atoms with Gasteiger partial charge in [0, 0.05) is 65.5 Å². The number of imidazole rings is 1. The molecule has 142 valence electrons. The summed E-state index contributed by atoms with van der Waals surface area (Å²) in [5.74, 6) is 2.26. The van der Waals surface area contributed by atoms with E-state index >= 15 is 0 Å². The highest BCUT2D eigenvalue weighted by atomic mass is 16.5. The van der Waals surface area contributed by atoms with E-state index in [2.05, 4.69) is 19.8 Å². The highest BCUT2D eigenvalue weighted by Gasteiger charge is 2.22. The normalized spacial score (nSPS) is 15.4. The molecule has 1 aliphatic rings. The van der Waals surface area contributed by atoms with E-state index in [1.54, 1.807) is 19.6 Å². The summed E-state index contributed by atoms with van der Waals surface area (Å²) >= 11 is 0. The number of piperazine rings is 1. The van der Waals surface area contributed by atoms with Crippen molar-refractivity contribution in [3.63, 3.8) is 0 Å². The second-order valence-electron chi connectivity index (χ2n) is 6.59. The average Bonchev–Trinajstić information content (AvgIpc) is 3.38. The van der Waals surface area contributed by atoms with Crippen LogP contribution in [-0.2, 0) is 11.8 Å². The molecule has 1 saturated heterocycles. The summed E-state index contributed by atoms with van der Waals surface area (Å²) in [4.78, 5) is 18.5. The molecule has 0 saturated carbocycles. The maximum absolute atomic E-state index is 5.63. The third-order valence-electron chi connectivity index (χ3n) is 4.86. The predicted octanol–water partition coefficient (Wildman–Crippen LogP) is 1.91. The van der Waals surface area contributed by atoms with Gasteiger partial charge in [-0.25, -0.2) is 15.0 Å². The first kappa shape index (κ1) is 17.7. The van der Waals surface area contributed by atoms with Crippen molar-refractivity contribution >= 4 is 5.95 Å². The topological polar surface area (TPSA) is 72.5 Å². The van der Waals surface area contributed by atoms with Gasteiger partial charge in [0.1, 0.15) is 11.5 Å². The van der Waals surface area contributed by atoms with E-state index in [-0.39, 0.29) is 0 Å². The summed E-state index contributed by atoms with van der Waals surface area (Å²) in [6.45, 7) is 5.46. The molecule has 0 N–H and O–H groups in total. The molecule has 1 fully saturated rings. The van der Waals surface area contributed by atoms with Crippen molar-refractivity contribution in [3.05, 3.63) is 37.0 Å². The number of nitrogens with zero attached hydrogens (tertiary/aromatic N) is 6. The lowest BCUT2D eigenvalue weighted by atomic mass is 10.1. The van der Waals surface area contributed by atoms with Gasteiger partial charge in [0.2, 0.25) is 5.95 Å². The number of aromatic nitrogens is 4. The van der Waals surface area contributed by atoms with Crippen LogP contribution >= 0.6 is 0 Å². The van der Waals surface area contributed by atoms with Gasteiger partial charge in [0.05, 0.1) is 18.4 Å². The van der Waals surface area contributed by atoms with Crippen LogP contribution in [0, 0.1) is 0 Å². The third kappa shape index (κ3) is 3.72. The van der Waals surface area contributed by atoms with Gasteiger partial charge >= 0.3 is 0 Å². The molecule has 0 spiro atoms. The van der Waals surface area contributed by atoms with Gasteiger partial charge in [-0.3, -0.25) is 4.90 Å². The molecule has 0 radical (unpaired) electrons. The van der Waals surface area contributed by atoms with Gasteiger partial charge in [0.15, 0.2) is 5.76 Å². The number of furan rings is 1. The summed E-state index contributed by atoms with van der Waals surface area (Å²) in [7, 11) is 3.70. The van der Waals surface area contributed by atoms with Gasteiger partial charge in [-0.2, -0.15) is 0 Å². The maximum atomic E-state index is 5.63. The van der Waals surface area contributed by atoms with Crippen molar-refractivity contribution in [2.24, 2.45) is 7.05 Å². The standard InChI is InChI=1S/C19H24N6O2/c1-23-6-5-20-18(23)15-14-21-19(22-17(15)16-4-3-12-27-16)25-9-7-24(8-10-25)11-13-26-2/h3-6,12,14H,7-11,13H2,1-2H3. The zero-order valence-corrected chi connectivity index (χ0v) is 15.7. The van der Waals surface area contributed by atoms with Crippen LogP contribution in [0.4, 0.5) is 5.95 Å². The monoisotopic (exact) mass is 368 g/mol. The number of anilines is 1. The molecule has 27 heavy (non-hydrogen) atoms. The van der Waals surface area contributed by atoms with Crippen LogP contribution in [0.1, 0.15) is 0 Å². The quantitative estimate of drug-likeness (QED) is 0.658. The first-order chi connectivity index (χ1) is 13.3. The molecule has 4 rings (SSSR count). The van der Waals surface area contributed by atoms with E-state index in [0.29, 0.717) is 0 Å². The molecule has 0 amide bonds. The van der Waals surface area contributed by atoms with Crippen molar-refractivity contribution in [1.29, 1.82) is 0 Å². The maximum Gasteiger partial charge on any atom is 0.226 e. The Labute approximate surface area is 158 Å². The van der Waals surface area contributed by atoms with Crippen LogP contribution in [0.15, 0.2) is 41.4 Å². The van der Waals surface area contributed by atoms with E-state index < -0.39 is 0 Å². The van der Waals surface area contributed by atoms with Crippen molar-refractivity contribution < 1.29 is 9.15 Å². The summed E-state index contributed by atoms with van der Waals surface area (Å²) < 4.78 is 12.8. The van der Waals surface area contributed by atoms with Crippen molar-refractivity contribution in [2.75, 3.05) is 51.3 Å². The number of hydrogen-bond acceptors (Lipinski definition) is 7. The first-order valence-corrected chi connectivity index (χ1v) is 9.11. The van der Waals surface area contributed by atoms with Crippen LogP contribution in [0.5, 0.6) is 0 Å². The minimum Gasteiger partial charge on any atom is -0.463 e. The predicted molar refractivity (Wildman–Crippen MR) is 102 cm³/mol. The number of hydrogen-bond donors (Lipinski definition) is 0. The van der Waals surface area contributed by atoms with Crippen molar-refractivity contribution in [1.82, 2.24) is 24.4 Å². The number of aryl methyl sites for hydroxylation is 1. The van der Waals surface area contributed by atoms with Crippen LogP contribution in [0.25, 0.3) is 22.8 Å². The summed E-state index contributed by atoms with van der Waals surface area (Å²) in [5.41, 5.74) is 1.63. The molecule has 8 nitrogen and oxygen atoms in total. The van der Waals surface area contributed by atoms with Crippen LogP contribution < -0.4 is 4.90 Å². The van der Waals surface area contributed by atoms with Gasteiger partial charge < -0.3 is 18.6 Å². The largest absolute Gasteiger partial charge is 0.463 e. The SMILES string of the molecule is COCCN1CCN(c2ncc(-c3nccn3C)c(-c3ccco3)n2)CC1. The summed E-state index contributed by atoms with van der Waals surface area (Å²) in [6.07, 6.45) is 7.19. The molecule has 0 unspecified atom stereocenters. The summed E-state index contributed by atoms with van der Waals surface area (Å²) in [6, 6.07) is 3.79. The molecule has 0 aromatic carbocycles. The second-order valence-corrected chi connectivity index (χ2v) is 6.59. The Hall–Kier alpha value is -2.71. The Morgan fingerprint density at radius 3 is 2.70 bits per heavy atom. The van der Waals surface area contributed by atoms with Crippen molar-refractivity contribution in [2.45, 2.75) is 0 Å². The number of ether oxygens (including phenoxy) is 1. The molecule has 0 atom stereocenters. The second kappa shape index (κ2) is 7.89. The molecule has 1 aliphatic heterocycles. The molecular weight excluding hydrogens is 344 g/mol. The number of rotatable bonds is 6. The van der Waals surface area contributed by atoms with Crippen LogP contribution in [0.2, 0.25) is 0 Å². The minimum absolute atomic E-state index is 0.718. The fourth-order valence-corrected chi connectivity index (χ4v) is 3.31. The van der Waals surface area contributed by atoms with E-state index in [1.807, 2.05) is 36.1 Å². The molecule has 3 aromatic rings. The molecule has 8 heteroatoms. The zero-order valence-electron chi connectivity index (χ0n) is 15.7. The average molecular weight is 368 g/mol. The lowest BCUT2D eigenvalue weighted by Crippen LogP contribution is -2.47. The lowest BCUT2D eigenvalue weighted by Gasteiger charge is -2.34. The highest BCUT2D eigenvalue weighted by Crippen LogP contribution is 2.30. The Bertz CT molecular complexity index is 868. The molecule has 3 aromatic heterocycles. The Balaban J connectivity index is 1.61. The van der Waals surface area contributed by atoms with Crippen LogP contribution in [-0.4, -0.2) is 70.9 Å². The minimum atomic E-state index is 0.718. The van der Waals surface area contributed by atoms with E-state index in [9.17, 15) is 0 Å². The molecule has 0 bridgehead atoms. The Morgan fingerprint density at radius 2 is 2.04 bits per heavy atom. The van der Waals surface area contributed by atoms with E-state index in [0.717, 1.165) is 68.1 Å². The van der Waals surface area contributed by atoms with Gasteiger partial charge in [-0.05, 0) is 12.1 Å². The fraction of sp³-hybridized carbons (Fsp3) is 0.421. The van der Waals surface area contributed by atoms with E-state index in [4.69, 9.17) is 14.1 Å². The zero-order chi connectivity index (χ0) is 18.6. The van der Waals surface area contributed by atoms with Crippen molar-refractivity contribution in [3.8, 4) is 22.8 Å². The smallest absolute Gasteiger partial charge is 0.226 e. The van der Waals surface area contributed by atoms with Gasteiger partial charge in [-0.15, -0.1) is 0 Å². The lowest BCUT2D eigenvalue weighted by molar-refractivity contribution is 0.143. The van der Waals surface area contributed by atoms with Gasteiger partial charge in [-0.1, -0.05) is 0 Å². The number of methoxy groups -OCH3 is 1. The highest BCUT2D eigenvalue weighted by molar-refractivity contribution is 5.75. The summed E-state index contributed by atoms with van der Waals surface area (Å²) in [5, 5.41) is 0. The first-order valence-electron chi connectivity index (χ1n) is 9.11. The van der Waals surface area contributed by atoms with Crippen LogP contribution in [0.3, 0.4) is 0 Å². The van der Waals surface area contributed by atoms with Gasteiger partial charge in [0.25, 0.3) is 0 Å². The fourth-order valence-electron chi connectivity index (χ4n) is 3.31. The van der Waals surface area contributed by atoms with E-state index in [1.165, 1.54) is 0 Å².